The van der Waals surface area contributed by atoms with Gasteiger partial charge in [-0.25, -0.2) is 4.68 Å². The zero-order valence-electron chi connectivity index (χ0n) is 18.8. The molecule has 2 aromatic carbocycles. The van der Waals surface area contributed by atoms with E-state index >= 15 is 0 Å². The number of hydrogen-bond donors (Lipinski definition) is 0. The Morgan fingerprint density at radius 2 is 1.94 bits per heavy atom. The Hall–Kier alpha value is -3.96. The maximum atomic E-state index is 12.7. The summed E-state index contributed by atoms with van der Waals surface area (Å²) in [4.78, 5) is 30.5. The molecule has 0 saturated carbocycles. The molecule has 35 heavy (non-hydrogen) atoms. The minimum atomic E-state index is -0.493. The van der Waals surface area contributed by atoms with E-state index in [2.05, 4.69) is 4.99 Å². The van der Waals surface area contributed by atoms with Crippen LogP contribution < -0.4 is 4.74 Å². The summed E-state index contributed by atoms with van der Waals surface area (Å²) in [6.07, 6.45) is 3.54. The molecule has 0 unspecified atom stereocenters. The summed E-state index contributed by atoms with van der Waals surface area (Å²) in [6.45, 7) is 2.55. The molecule has 11 heteroatoms. The fourth-order valence-electron chi connectivity index (χ4n) is 3.84. The molecule has 10 nitrogen and oxygen atoms in total. The first kappa shape index (κ1) is 22.8. The standard InChI is InChI=1S/C24H21N5O5S/c1-33-20-8-7-16(13-19(20)29(31)32)22-17(15-28(26-22)18-5-3-2-4-6-18)14-21-23(30)25-24(35-21)27-9-11-34-12-10-27/h2-8,13-15H,9-12H2,1H3. The van der Waals surface area contributed by atoms with Gasteiger partial charge in [-0.2, -0.15) is 10.1 Å². The first-order valence-electron chi connectivity index (χ1n) is 10.9. The molecule has 1 aromatic heterocycles. The van der Waals surface area contributed by atoms with Crippen LogP contribution in [0.15, 0.2) is 64.6 Å². The topological polar surface area (TPSA) is 112 Å². The Balaban J connectivity index is 1.56. The van der Waals surface area contributed by atoms with Crippen LogP contribution in [0.2, 0.25) is 0 Å². The molecule has 5 rings (SSSR count). The van der Waals surface area contributed by atoms with E-state index in [0.29, 0.717) is 53.2 Å². The van der Waals surface area contributed by atoms with Gasteiger partial charge in [-0.05, 0) is 42.1 Å². The summed E-state index contributed by atoms with van der Waals surface area (Å²) in [5.74, 6) is -0.165. The highest BCUT2D eigenvalue weighted by Gasteiger charge is 2.28. The number of aliphatic imine (C=N–C) groups is 1. The lowest BCUT2D eigenvalue weighted by Crippen LogP contribution is -2.38. The number of nitro benzene ring substituents is 1. The van der Waals surface area contributed by atoms with Crippen molar-refractivity contribution in [2.24, 2.45) is 4.99 Å². The Morgan fingerprint density at radius 1 is 1.17 bits per heavy atom. The lowest BCUT2D eigenvalue weighted by molar-refractivity contribution is -0.385. The van der Waals surface area contributed by atoms with Crippen molar-refractivity contribution >= 4 is 34.6 Å². The van der Waals surface area contributed by atoms with E-state index in [0.717, 1.165) is 5.69 Å². The largest absolute Gasteiger partial charge is 0.490 e. The number of carbonyl (C=O) groups excluding carboxylic acids is 1. The molecule has 1 fully saturated rings. The lowest BCUT2D eigenvalue weighted by Gasteiger charge is -2.27. The van der Waals surface area contributed by atoms with E-state index < -0.39 is 4.92 Å². The zero-order valence-corrected chi connectivity index (χ0v) is 19.6. The second kappa shape index (κ2) is 9.72. The molecule has 2 aliphatic heterocycles. The SMILES string of the molecule is COc1ccc(-c2nn(-c3ccccc3)cc2C=C2SC(N3CCOCC3)=NC2=O)cc1[N+](=O)[O-]. The summed E-state index contributed by atoms with van der Waals surface area (Å²) in [6, 6.07) is 14.2. The number of thioether (sulfide) groups is 1. The van der Waals surface area contributed by atoms with Crippen molar-refractivity contribution in [3.05, 3.63) is 75.3 Å². The normalized spacial score (nSPS) is 17.1. The van der Waals surface area contributed by atoms with Gasteiger partial charge in [0.05, 0.1) is 35.8 Å². The Labute approximate surface area is 205 Å². The van der Waals surface area contributed by atoms with Crippen molar-refractivity contribution < 1.29 is 19.2 Å². The summed E-state index contributed by atoms with van der Waals surface area (Å²) >= 11 is 1.31. The summed E-state index contributed by atoms with van der Waals surface area (Å²) < 4.78 is 12.2. The van der Waals surface area contributed by atoms with Gasteiger partial charge in [-0.1, -0.05) is 18.2 Å². The molecule has 0 N–H and O–H groups in total. The third-order valence-electron chi connectivity index (χ3n) is 5.59. The van der Waals surface area contributed by atoms with Crippen molar-refractivity contribution in [1.82, 2.24) is 14.7 Å². The fraction of sp³-hybridized carbons (Fsp3) is 0.208. The number of amides is 1. The van der Waals surface area contributed by atoms with Gasteiger partial charge in [0, 0.05) is 36.5 Å². The van der Waals surface area contributed by atoms with Crippen molar-refractivity contribution in [2.75, 3.05) is 33.4 Å². The third kappa shape index (κ3) is 4.68. The molecule has 0 atom stereocenters. The molecular formula is C24H21N5O5S. The van der Waals surface area contributed by atoms with Crippen LogP contribution in [-0.2, 0) is 9.53 Å². The fourth-order valence-corrected chi connectivity index (χ4v) is 4.80. The Kier molecular flexibility index (Phi) is 6.34. The number of morpholine rings is 1. The molecule has 1 saturated heterocycles. The van der Waals surface area contributed by atoms with Gasteiger partial charge >= 0.3 is 5.69 Å². The van der Waals surface area contributed by atoms with Crippen LogP contribution in [0.1, 0.15) is 5.56 Å². The van der Waals surface area contributed by atoms with Gasteiger partial charge in [-0.15, -0.1) is 0 Å². The number of ether oxygens (including phenoxy) is 2. The first-order chi connectivity index (χ1) is 17.0. The Morgan fingerprint density at radius 3 is 2.66 bits per heavy atom. The van der Waals surface area contributed by atoms with Crippen LogP contribution in [0.4, 0.5) is 5.69 Å². The average Bonchev–Trinajstić information content (AvgIpc) is 3.48. The summed E-state index contributed by atoms with van der Waals surface area (Å²) in [5.41, 5.74) is 2.32. The highest BCUT2D eigenvalue weighted by Crippen LogP contribution is 2.36. The number of hydrogen-bond acceptors (Lipinski definition) is 8. The van der Waals surface area contributed by atoms with Crippen LogP contribution in [0.25, 0.3) is 23.0 Å². The monoisotopic (exact) mass is 491 g/mol. The lowest BCUT2D eigenvalue weighted by atomic mass is 10.1. The van der Waals surface area contributed by atoms with Crippen molar-refractivity contribution in [1.29, 1.82) is 0 Å². The smallest absolute Gasteiger partial charge is 0.311 e. The van der Waals surface area contributed by atoms with Gasteiger partial charge in [0.25, 0.3) is 5.91 Å². The molecule has 0 aliphatic carbocycles. The molecule has 2 aliphatic rings. The predicted octanol–water partition coefficient (Wildman–Crippen LogP) is 3.76. The highest BCUT2D eigenvalue weighted by atomic mass is 32.2. The van der Waals surface area contributed by atoms with Crippen LogP contribution in [-0.4, -0.2) is 64.1 Å². The van der Waals surface area contributed by atoms with Crippen molar-refractivity contribution in [3.63, 3.8) is 0 Å². The van der Waals surface area contributed by atoms with Crippen LogP contribution >= 0.6 is 11.8 Å². The van der Waals surface area contributed by atoms with E-state index in [-0.39, 0.29) is 17.3 Å². The quantitative estimate of drug-likeness (QED) is 0.301. The van der Waals surface area contributed by atoms with Gasteiger partial charge in [0.1, 0.15) is 5.69 Å². The van der Waals surface area contributed by atoms with Gasteiger partial charge in [0.2, 0.25) is 0 Å². The van der Waals surface area contributed by atoms with Crippen molar-refractivity contribution in [2.45, 2.75) is 0 Å². The number of amidine groups is 1. The average molecular weight is 492 g/mol. The van der Waals surface area contributed by atoms with E-state index in [1.807, 2.05) is 35.2 Å². The number of methoxy groups -OCH3 is 1. The highest BCUT2D eigenvalue weighted by molar-refractivity contribution is 8.18. The maximum Gasteiger partial charge on any atom is 0.311 e. The van der Waals surface area contributed by atoms with E-state index in [1.165, 1.54) is 24.9 Å². The molecule has 3 aromatic rings. The zero-order chi connectivity index (χ0) is 24.4. The Bertz CT molecular complexity index is 1350. The van der Waals surface area contributed by atoms with Crippen LogP contribution in [0.5, 0.6) is 5.75 Å². The van der Waals surface area contributed by atoms with Crippen LogP contribution in [0.3, 0.4) is 0 Å². The van der Waals surface area contributed by atoms with Gasteiger partial charge in [-0.3, -0.25) is 14.9 Å². The number of nitrogens with zero attached hydrogens (tertiary/aromatic N) is 5. The summed E-state index contributed by atoms with van der Waals surface area (Å²) in [7, 11) is 1.39. The number of nitro groups is 1. The molecule has 1 amide bonds. The van der Waals surface area contributed by atoms with Gasteiger partial charge in [0.15, 0.2) is 10.9 Å². The number of aromatic nitrogens is 2. The molecular weight excluding hydrogens is 470 g/mol. The minimum Gasteiger partial charge on any atom is -0.490 e. The predicted molar refractivity (Wildman–Crippen MR) is 133 cm³/mol. The second-order valence-corrected chi connectivity index (χ2v) is 8.78. The number of para-hydroxylation sites is 1. The molecule has 178 valence electrons. The summed E-state index contributed by atoms with van der Waals surface area (Å²) in [5, 5.41) is 17.0. The number of rotatable bonds is 5. The van der Waals surface area contributed by atoms with Crippen LogP contribution in [0, 0.1) is 10.1 Å². The molecule has 0 radical (unpaired) electrons. The third-order valence-corrected chi connectivity index (χ3v) is 6.63. The van der Waals surface area contributed by atoms with E-state index in [4.69, 9.17) is 14.6 Å². The van der Waals surface area contributed by atoms with E-state index in [9.17, 15) is 14.9 Å². The second-order valence-electron chi connectivity index (χ2n) is 7.77. The number of benzene rings is 2. The number of carbonyl (C=O) groups is 1. The molecule has 0 bridgehead atoms. The van der Waals surface area contributed by atoms with Crippen molar-refractivity contribution in [3.8, 4) is 22.7 Å². The molecule has 0 spiro atoms. The minimum absolute atomic E-state index is 0.159. The van der Waals surface area contributed by atoms with E-state index in [1.54, 1.807) is 29.1 Å². The maximum absolute atomic E-state index is 12.7. The molecule has 3 heterocycles. The first-order valence-corrected chi connectivity index (χ1v) is 11.7. The van der Waals surface area contributed by atoms with Gasteiger partial charge < -0.3 is 14.4 Å².